The Morgan fingerprint density at radius 3 is 2.72 bits per heavy atom. The van der Waals surface area contributed by atoms with Gasteiger partial charge in [-0.2, -0.15) is 5.10 Å². The molecular weight excluding hydrogens is 322 g/mol. The average Bonchev–Trinajstić information content (AvgIpc) is 3.35. The Balaban J connectivity index is 1.48. The number of carbonyl (C=O) groups excluding carboxylic acids is 1. The van der Waals surface area contributed by atoms with Gasteiger partial charge in [0.2, 0.25) is 0 Å². The molecule has 0 atom stereocenters. The number of hydrogen-bond donors (Lipinski definition) is 1. The van der Waals surface area contributed by atoms with Crippen molar-refractivity contribution in [1.82, 2.24) is 29.9 Å². The van der Waals surface area contributed by atoms with E-state index in [0.29, 0.717) is 17.4 Å². The van der Waals surface area contributed by atoms with Gasteiger partial charge in [-0.1, -0.05) is 5.16 Å². The first-order chi connectivity index (χ1) is 12.3. The second-order valence-electron chi connectivity index (χ2n) is 4.99. The van der Waals surface area contributed by atoms with Crippen molar-refractivity contribution in [3.05, 3.63) is 67.1 Å². The van der Waals surface area contributed by atoms with E-state index in [1.165, 1.54) is 17.1 Å². The van der Waals surface area contributed by atoms with Crippen LogP contribution in [0.2, 0.25) is 0 Å². The molecule has 4 heterocycles. The van der Waals surface area contributed by atoms with E-state index >= 15 is 0 Å². The van der Waals surface area contributed by atoms with Crippen LogP contribution in [0.4, 0.5) is 5.69 Å². The Hall–Kier alpha value is -3.88. The molecular formula is C16H11N7O2. The molecule has 1 N–H and O–H groups in total. The van der Waals surface area contributed by atoms with Gasteiger partial charge in [0.05, 0.1) is 18.1 Å². The van der Waals surface area contributed by atoms with Gasteiger partial charge < -0.3 is 9.84 Å². The predicted octanol–water partition coefficient (Wildman–Crippen LogP) is 1.96. The van der Waals surface area contributed by atoms with Gasteiger partial charge in [-0.3, -0.25) is 9.78 Å². The molecule has 0 fully saturated rings. The lowest BCUT2D eigenvalue weighted by molar-refractivity contribution is 0.101. The van der Waals surface area contributed by atoms with Gasteiger partial charge in [0.15, 0.2) is 11.5 Å². The number of rotatable bonds is 4. The van der Waals surface area contributed by atoms with Crippen LogP contribution in [0.25, 0.3) is 17.3 Å². The summed E-state index contributed by atoms with van der Waals surface area (Å²) in [7, 11) is 0. The zero-order chi connectivity index (χ0) is 17.1. The van der Waals surface area contributed by atoms with Crippen molar-refractivity contribution >= 4 is 11.6 Å². The Morgan fingerprint density at radius 2 is 2.00 bits per heavy atom. The lowest BCUT2D eigenvalue weighted by Gasteiger charge is -2.03. The molecule has 0 saturated carbocycles. The van der Waals surface area contributed by atoms with Crippen LogP contribution < -0.4 is 5.32 Å². The summed E-state index contributed by atoms with van der Waals surface area (Å²) in [6.45, 7) is 0. The SMILES string of the molecule is O=C(Nc1cnc(-n2cccn2)nc1)c1cc(-c2cccnc2)on1. The van der Waals surface area contributed by atoms with Crippen molar-refractivity contribution in [2.45, 2.75) is 0 Å². The summed E-state index contributed by atoms with van der Waals surface area (Å²) in [6.07, 6.45) is 9.62. The molecule has 0 bridgehead atoms. The van der Waals surface area contributed by atoms with Crippen LogP contribution in [0.5, 0.6) is 0 Å². The van der Waals surface area contributed by atoms with E-state index in [2.05, 4.69) is 30.5 Å². The quantitative estimate of drug-likeness (QED) is 0.607. The molecule has 4 rings (SSSR count). The van der Waals surface area contributed by atoms with Crippen LogP contribution in [0.3, 0.4) is 0 Å². The van der Waals surface area contributed by atoms with Gasteiger partial charge in [-0.15, -0.1) is 0 Å². The van der Waals surface area contributed by atoms with Gasteiger partial charge in [-0.25, -0.2) is 14.6 Å². The Kier molecular flexibility index (Phi) is 3.71. The average molecular weight is 333 g/mol. The molecule has 9 heteroatoms. The van der Waals surface area contributed by atoms with Gasteiger partial charge in [-0.05, 0) is 18.2 Å². The summed E-state index contributed by atoms with van der Waals surface area (Å²) in [4.78, 5) is 24.5. The van der Waals surface area contributed by atoms with E-state index in [4.69, 9.17) is 4.52 Å². The van der Waals surface area contributed by atoms with Gasteiger partial charge >= 0.3 is 0 Å². The van der Waals surface area contributed by atoms with Crippen molar-refractivity contribution < 1.29 is 9.32 Å². The number of aromatic nitrogens is 6. The highest BCUT2D eigenvalue weighted by atomic mass is 16.5. The highest BCUT2D eigenvalue weighted by Gasteiger charge is 2.14. The fourth-order valence-corrected chi connectivity index (χ4v) is 2.11. The fraction of sp³-hybridized carbons (Fsp3) is 0. The maximum absolute atomic E-state index is 12.2. The van der Waals surface area contributed by atoms with Crippen LogP contribution in [-0.4, -0.2) is 35.8 Å². The molecule has 0 unspecified atom stereocenters. The number of pyridine rings is 1. The topological polar surface area (TPSA) is 112 Å². The standard InChI is InChI=1S/C16H11N7O2/c24-15(13-7-14(25-22-13)11-3-1-4-17-8-11)21-12-9-18-16(19-10-12)23-6-2-5-20-23/h1-10H,(H,21,24). The molecule has 0 spiro atoms. The summed E-state index contributed by atoms with van der Waals surface area (Å²) in [6, 6.07) is 6.90. The Bertz CT molecular complexity index is 979. The first kappa shape index (κ1) is 14.7. The zero-order valence-electron chi connectivity index (χ0n) is 12.8. The van der Waals surface area contributed by atoms with Gasteiger partial charge in [0.1, 0.15) is 0 Å². The number of hydrogen-bond acceptors (Lipinski definition) is 7. The minimum atomic E-state index is -0.422. The van der Waals surface area contributed by atoms with Crippen LogP contribution in [0, 0.1) is 0 Å². The highest BCUT2D eigenvalue weighted by molar-refractivity contribution is 6.03. The highest BCUT2D eigenvalue weighted by Crippen LogP contribution is 2.19. The Morgan fingerprint density at radius 1 is 1.12 bits per heavy atom. The number of carbonyl (C=O) groups is 1. The molecule has 0 radical (unpaired) electrons. The maximum Gasteiger partial charge on any atom is 0.277 e. The maximum atomic E-state index is 12.2. The molecule has 0 aliphatic rings. The number of nitrogens with zero attached hydrogens (tertiary/aromatic N) is 6. The predicted molar refractivity (Wildman–Crippen MR) is 86.8 cm³/mol. The largest absolute Gasteiger partial charge is 0.355 e. The van der Waals surface area contributed by atoms with Crippen LogP contribution in [0.1, 0.15) is 10.5 Å². The van der Waals surface area contributed by atoms with E-state index in [1.807, 2.05) is 6.07 Å². The number of nitrogens with one attached hydrogen (secondary N) is 1. The third-order valence-corrected chi connectivity index (χ3v) is 3.29. The summed E-state index contributed by atoms with van der Waals surface area (Å²) >= 11 is 0. The van der Waals surface area contributed by atoms with Crippen molar-refractivity contribution in [3.8, 4) is 17.3 Å². The minimum Gasteiger partial charge on any atom is -0.355 e. The van der Waals surface area contributed by atoms with E-state index in [1.54, 1.807) is 43.0 Å². The van der Waals surface area contributed by atoms with Gasteiger partial charge in [0.25, 0.3) is 11.9 Å². The van der Waals surface area contributed by atoms with E-state index < -0.39 is 5.91 Å². The smallest absolute Gasteiger partial charge is 0.277 e. The molecule has 4 aromatic rings. The molecule has 4 aromatic heterocycles. The molecule has 0 aromatic carbocycles. The molecule has 0 saturated heterocycles. The van der Waals surface area contributed by atoms with Crippen LogP contribution in [-0.2, 0) is 0 Å². The Labute approximate surface area is 141 Å². The van der Waals surface area contributed by atoms with Crippen LogP contribution in [0.15, 0.2) is 66.0 Å². The number of anilines is 1. The van der Waals surface area contributed by atoms with E-state index in [9.17, 15) is 4.79 Å². The van der Waals surface area contributed by atoms with Gasteiger partial charge in [0, 0.05) is 36.4 Å². The summed E-state index contributed by atoms with van der Waals surface area (Å²) < 4.78 is 6.70. The molecule has 1 amide bonds. The summed E-state index contributed by atoms with van der Waals surface area (Å²) in [5.74, 6) is 0.446. The lowest BCUT2D eigenvalue weighted by Crippen LogP contribution is -2.13. The van der Waals surface area contributed by atoms with E-state index in [0.717, 1.165) is 5.56 Å². The number of amides is 1. The molecule has 0 aliphatic heterocycles. The van der Waals surface area contributed by atoms with E-state index in [-0.39, 0.29) is 5.69 Å². The first-order valence-electron chi connectivity index (χ1n) is 7.30. The summed E-state index contributed by atoms with van der Waals surface area (Å²) in [5.41, 5.74) is 1.32. The van der Waals surface area contributed by atoms with Crippen molar-refractivity contribution in [2.24, 2.45) is 0 Å². The second kappa shape index (κ2) is 6.32. The minimum absolute atomic E-state index is 0.148. The molecule has 0 aliphatic carbocycles. The van der Waals surface area contributed by atoms with Crippen molar-refractivity contribution in [3.63, 3.8) is 0 Å². The third-order valence-electron chi connectivity index (χ3n) is 3.29. The second-order valence-corrected chi connectivity index (χ2v) is 4.99. The van der Waals surface area contributed by atoms with Crippen molar-refractivity contribution in [2.75, 3.05) is 5.32 Å². The zero-order valence-corrected chi connectivity index (χ0v) is 12.8. The van der Waals surface area contributed by atoms with Crippen LogP contribution >= 0.6 is 0 Å². The normalized spacial score (nSPS) is 10.6. The first-order valence-corrected chi connectivity index (χ1v) is 7.30. The summed E-state index contributed by atoms with van der Waals surface area (Å²) in [5, 5.41) is 10.5. The lowest BCUT2D eigenvalue weighted by atomic mass is 10.2. The fourth-order valence-electron chi connectivity index (χ4n) is 2.11. The third kappa shape index (κ3) is 3.11. The molecule has 25 heavy (non-hydrogen) atoms. The monoisotopic (exact) mass is 333 g/mol. The van der Waals surface area contributed by atoms with Crippen molar-refractivity contribution in [1.29, 1.82) is 0 Å². The molecule has 9 nitrogen and oxygen atoms in total. The molecule has 122 valence electrons.